The van der Waals surface area contributed by atoms with Crippen LogP contribution in [0.5, 0.6) is 0 Å². The lowest BCUT2D eigenvalue weighted by Crippen LogP contribution is -2.43. The molecule has 2 aromatic rings. The predicted molar refractivity (Wildman–Crippen MR) is 94.8 cm³/mol. The number of amides is 2. The number of benzene rings is 1. The van der Waals surface area contributed by atoms with Gasteiger partial charge in [-0.15, -0.1) is 11.3 Å². The highest BCUT2D eigenvalue weighted by Crippen LogP contribution is 2.27. The van der Waals surface area contributed by atoms with E-state index >= 15 is 0 Å². The smallest absolute Gasteiger partial charge is 0.274 e. The molecule has 1 aliphatic heterocycles. The first-order valence-electron chi connectivity index (χ1n) is 7.54. The third kappa shape index (κ3) is 3.37. The molecule has 0 aliphatic carbocycles. The van der Waals surface area contributed by atoms with Gasteiger partial charge in [0, 0.05) is 22.6 Å². The molecule has 0 bridgehead atoms. The van der Waals surface area contributed by atoms with E-state index in [0.717, 1.165) is 17.7 Å². The zero-order valence-electron chi connectivity index (χ0n) is 13.1. The fraction of sp³-hybridized carbons (Fsp3) is 0.312. The van der Waals surface area contributed by atoms with Crippen LogP contribution in [-0.2, 0) is 4.79 Å². The van der Waals surface area contributed by atoms with Gasteiger partial charge in [0.05, 0.1) is 0 Å². The molecule has 3 N–H and O–H groups in total. The number of nitrogens with zero attached hydrogens (tertiary/aromatic N) is 2. The Balaban J connectivity index is 1.77. The molecule has 3 rings (SSSR count). The topological polar surface area (TPSA) is 88.3 Å². The minimum Gasteiger partial charge on any atom is -0.368 e. The molecule has 0 radical (unpaired) electrons. The Morgan fingerprint density at radius 1 is 1.46 bits per heavy atom. The summed E-state index contributed by atoms with van der Waals surface area (Å²) in [6.07, 6.45) is 1.38. The minimum atomic E-state index is -0.536. The number of thiazole rings is 1. The lowest BCUT2D eigenvalue weighted by Gasteiger charge is -2.20. The van der Waals surface area contributed by atoms with Gasteiger partial charge < -0.3 is 16.0 Å². The van der Waals surface area contributed by atoms with Crippen molar-refractivity contribution in [3.05, 3.63) is 39.9 Å². The SMILES string of the molecule is Cc1ccc(Cl)cc1Nc1nc(C(=O)N2CCCC2C(N)=O)cs1. The van der Waals surface area contributed by atoms with E-state index in [1.165, 1.54) is 16.2 Å². The van der Waals surface area contributed by atoms with Gasteiger partial charge in [0.1, 0.15) is 11.7 Å². The monoisotopic (exact) mass is 364 g/mol. The van der Waals surface area contributed by atoms with Crippen LogP contribution >= 0.6 is 22.9 Å². The average molecular weight is 365 g/mol. The van der Waals surface area contributed by atoms with Crippen LogP contribution in [-0.4, -0.2) is 34.3 Å². The molecular weight excluding hydrogens is 348 g/mol. The summed E-state index contributed by atoms with van der Waals surface area (Å²) in [7, 11) is 0. The molecule has 0 saturated carbocycles. The predicted octanol–water partition coefficient (Wildman–Crippen LogP) is 2.94. The highest BCUT2D eigenvalue weighted by molar-refractivity contribution is 7.14. The van der Waals surface area contributed by atoms with Crippen LogP contribution in [0.4, 0.5) is 10.8 Å². The van der Waals surface area contributed by atoms with Crippen molar-refractivity contribution in [3.63, 3.8) is 0 Å². The first-order chi connectivity index (χ1) is 11.5. The number of rotatable bonds is 4. The highest BCUT2D eigenvalue weighted by Gasteiger charge is 2.34. The van der Waals surface area contributed by atoms with Crippen LogP contribution in [0, 0.1) is 6.92 Å². The van der Waals surface area contributed by atoms with Gasteiger partial charge in [0.25, 0.3) is 5.91 Å². The second-order valence-corrected chi connectivity index (χ2v) is 6.98. The Morgan fingerprint density at radius 3 is 3.00 bits per heavy atom. The molecule has 1 saturated heterocycles. The number of carbonyl (C=O) groups is 2. The van der Waals surface area contributed by atoms with Gasteiger partial charge >= 0.3 is 0 Å². The number of aryl methyl sites for hydroxylation is 1. The fourth-order valence-corrected chi connectivity index (χ4v) is 3.60. The van der Waals surface area contributed by atoms with E-state index in [1.807, 2.05) is 25.1 Å². The minimum absolute atomic E-state index is 0.261. The summed E-state index contributed by atoms with van der Waals surface area (Å²) in [6, 6.07) is 5.00. The number of aromatic nitrogens is 1. The first-order valence-corrected chi connectivity index (χ1v) is 8.80. The highest BCUT2D eigenvalue weighted by atomic mass is 35.5. The summed E-state index contributed by atoms with van der Waals surface area (Å²) >= 11 is 7.34. The van der Waals surface area contributed by atoms with Gasteiger partial charge in [-0.1, -0.05) is 17.7 Å². The standard InChI is InChI=1S/C16H17ClN4O2S/c1-9-4-5-10(17)7-11(9)19-16-20-12(8-24-16)15(23)21-6-2-3-13(21)14(18)22/h4-5,7-8,13H,2-3,6H2,1H3,(H2,18,22)(H,19,20). The molecule has 24 heavy (non-hydrogen) atoms. The van der Waals surface area contributed by atoms with Crippen molar-refractivity contribution in [3.8, 4) is 0 Å². The molecule has 1 atom stereocenters. The van der Waals surface area contributed by atoms with Crippen LogP contribution in [0.1, 0.15) is 28.9 Å². The lowest BCUT2D eigenvalue weighted by atomic mass is 10.2. The average Bonchev–Trinajstić information content (AvgIpc) is 3.19. The zero-order valence-corrected chi connectivity index (χ0v) is 14.7. The number of halogens is 1. The summed E-state index contributed by atoms with van der Waals surface area (Å²) in [5, 5.41) is 6.07. The van der Waals surface area contributed by atoms with Gasteiger partial charge in [0.15, 0.2) is 5.13 Å². The molecule has 6 nitrogen and oxygen atoms in total. The van der Waals surface area contributed by atoms with E-state index in [0.29, 0.717) is 28.8 Å². The van der Waals surface area contributed by atoms with Crippen LogP contribution in [0.3, 0.4) is 0 Å². The van der Waals surface area contributed by atoms with Crippen molar-refractivity contribution >= 4 is 45.6 Å². The number of carbonyl (C=O) groups excluding carboxylic acids is 2. The van der Waals surface area contributed by atoms with E-state index < -0.39 is 11.9 Å². The van der Waals surface area contributed by atoms with Crippen LogP contribution in [0.15, 0.2) is 23.6 Å². The summed E-state index contributed by atoms with van der Waals surface area (Å²) < 4.78 is 0. The summed E-state index contributed by atoms with van der Waals surface area (Å²) in [6.45, 7) is 2.49. The molecule has 1 aromatic carbocycles. The van der Waals surface area contributed by atoms with Gasteiger partial charge in [-0.05, 0) is 37.5 Å². The van der Waals surface area contributed by atoms with Crippen LogP contribution in [0.25, 0.3) is 0 Å². The Morgan fingerprint density at radius 2 is 2.25 bits per heavy atom. The number of nitrogens with one attached hydrogen (secondary N) is 1. The normalized spacial score (nSPS) is 17.1. The van der Waals surface area contributed by atoms with E-state index in [4.69, 9.17) is 17.3 Å². The summed E-state index contributed by atoms with van der Waals surface area (Å²) in [4.78, 5) is 29.9. The maximum atomic E-state index is 12.6. The van der Waals surface area contributed by atoms with Crippen molar-refractivity contribution in [2.24, 2.45) is 5.73 Å². The maximum absolute atomic E-state index is 12.6. The van der Waals surface area contributed by atoms with Crippen molar-refractivity contribution in [2.45, 2.75) is 25.8 Å². The molecule has 2 amide bonds. The van der Waals surface area contributed by atoms with Gasteiger partial charge in [-0.25, -0.2) is 4.98 Å². The molecule has 2 heterocycles. The fourth-order valence-electron chi connectivity index (χ4n) is 2.73. The van der Waals surface area contributed by atoms with E-state index in [-0.39, 0.29) is 5.91 Å². The Labute approximate surface area is 148 Å². The number of hydrogen-bond donors (Lipinski definition) is 2. The quantitative estimate of drug-likeness (QED) is 0.873. The summed E-state index contributed by atoms with van der Waals surface area (Å²) in [5.41, 5.74) is 7.55. The zero-order chi connectivity index (χ0) is 17.3. The van der Waals surface area contributed by atoms with Gasteiger partial charge in [0.2, 0.25) is 5.91 Å². The van der Waals surface area contributed by atoms with Crippen LogP contribution in [0.2, 0.25) is 5.02 Å². The molecule has 1 aromatic heterocycles. The number of primary amides is 1. The van der Waals surface area contributed by atoms with Crippen molar-refractivity contribution < 1.29 is 9.59 Å². The molecule has 1 fully saturated rings. The number of anilines is 2. The number of nitrogens with two attached hydrogens (primary N) is 1. The number of hydrogen-bond acceptors (Lipinski definition) is 5. The van der Waals surface area contributed by atoms with Crippen LogP contribution < -0.4 is 11.1 Å². The molecule has 0 spiro atoms. The van der Waals surface area contributed by atoms with E-state index in [1.54, 1.807) is 5.38 Å². The number of likely N-dealkylation sites (tertiary alicyclic amines) is 1. The largest absolute Gasteiger partial charge is 0.368 e. The van der Waals surface area contributed by atoms with Gasteiger partial charge in [-0.3, -0.25) is 9.59 Å². The third-order valence-corrected chi connectivity index (χ3v) is 5.00. The molecular formula is C16H17ClN4O2S. The van der Waals surface area contributed by atoms with E-state index in [2.05, 4.69) is 10.3 Å². The van der Waals surface area contributed by atoms with E-state index in [9.17, 15) is 9.59 Å². The van der Waals surface area contributed by atoms with Crippen molar-refractivity contribution in [2.75, 3.05) is 11.9 Å². The Hall–Kier alpha value is -2.12. The van der Waals surface area contributed by atoms with Gasteiger partial charge in [-0.2, -0.15) is 0 Å². The van der Waals surface area contributed by atoms with Crippen molar-refractivity contribution in [1.82, 2.24) is 9.88 Å². The molecule has 126 valence electrons. The molecule has 1 aliphatic rings. The first kappa shape index (κ1) is 16.7. The molecule has 1 unspecified atom stereocenters. The summed E-state index contributed by atoms with van der Waals surface area (Å²) in [5.74, 6) is -0.729. The Kier molecular flexibility index (Phi) is 4.73. The second kappa shape index (κ2) is 6.78. The third-order valence-electron chi connectivity index (χ3n) is 4.01. The maximum Gasteiger partial charge on any atom is 0.274 e. The van der Waals surface area contributed by atoms with Crippen molar-refractivity contribution in [1.29, 1.82) is 0 Å². The lowest BCUT2D eigenvalue weighted by molar-refractivity contribution is -0.121. The molecule has 8 heteroatoms. The Bertz CT molecular complexity index is 792. The second-order valence-electron chi connectivity index (χ2n) is 5.68.